The van der Waals surface area contributed by atoms with Crippen LogP contribution in [0.1, 0.15) is 17.3 Å². The molecule has 0 radical (unpaired) electrons. The molecule has 1 saturated heterocycles. The highest BCUT2D eigenvalue weighted by atomic mass is 127. The molecule has 1 heterocycles. The standard InChI is InChI=1S/C11H11FINO/c1-7-5-14(6-7)11(15)8-2-9(12)4-10(13)3-8/h2-4,7H,5-6H2,1H3. The zero-order valence-electron chi connectivity index (χ0n) is 8.34. The second kappa shape index (κ2) is 4.08. The Bertz CT molecular complexity index is 381. The summed E-state index contributed by atoms with van der Waals surface area (Å²) < 4.78 is 13.8. The van der Waals surface area contributed by atoms with Crippen LogP contribution in [0.4, 0.5) is 4.39 Å². The first kappa shape index (κ1) is 10.9. The highest BCUT2D eigenvalue weighted by Crippen LogP contribution is 2.19. The van der Waals surface area contributed by atoms with E-state index >= 15 is 0 Å². The predicted octanol–water partition coefficient (Wildman–Crippen LogP) is 2.52. The maximum Gasteiger partial charge on any atom is 0.254 e. The quantitative estimate of drug-likeness (QED) is 0.729. The second-order valence-electron chi connectivity index (χ2n) is 3.97. The topological polar surface area (TPSA) is 20.3 Å². The molecule has 0 bridgehead atoms. The monoisotopic (exact) mass is 319 g/mol. The molecule has 0 aromatic heterocycles. The van der Waals surface area contributed by atoms with Crippen LogP contribution < -0.4 is 0 Å². The molecule has 1 aromatic carbocycles. The molecule has 0 atom stereocenters. The number of amides is 1. The molecule has 0 N–H and O–H groups in total. The van der Waals surface area contributed by atoms with Crippen molar-refractivity contribution in [2.45, 2.75) is 6.92 Å². The van der Waals surface area contributed by atoms with Gasteiger partial charge >= 0.3 is 0 Å². The van der Waals surface area contributed by atoms with Crippen LogP contribution in [0.15, 0.2) is 18.2 Å². The summed E-state index contributed by atoms with van der Waals surface area (Å²) >= 11 is 2.01. The summed E-state index contributed by atoms with van der Waals surface area (Å²) in [5.74, 6) is 0.158. The van der Waals surface area contributed by atoms with Gasteiger partial charge in [-0.25, -0.2) is 4.39 Å². The van der Waals surface area contributed by atoms with Gasteiger partial charge in [0.15, 0.2) is 0 Å². The molecule has 0 aliphatic carbocycles. The molecule has 2 rings (SSSR count). The zero-order chi connectivity index (χ0) is 11.0. The highest BCUT2D eigenvalue weighted by Gasteiger charge is 2.28. The molecular formula is C11H11FINO. The van der Waals surface area contributed by atoms with E-state index in [9.17, 15) is 9.18 Å². The van der Waals surface area contributed by atoms with Crippen molar-refractivity contribution in [3.8, 4) is 0 Å². The Kier molecular flexibility index (Phi) is 2.95. The molecule has 1 aliphatic heterocycles. The Balaban J connectivity index is 2.18. The summed E-state index contributed by atoms with van der Waals surface area (Å²) in [6.07, 6.45) is 0. The minimum absolute atomic E-state index is 0.0643. The van der Waals surface area contributed by atoms with Gasteiger partial charge in [0.1, 0.15) is 5.82 Å². The van der Waals surface area contributed by atoms with Crippen molar-refractivity contribution in [2.24, 2.45) is 5.92 Å². The maximum atomic E-state index is 13.1. The average Bonchev–Trinajstić information content (AvgIpc) is 2.10. The normalized spacial score (nSPS) is 16.3. The fourth-order valence-electron chi connectivity index (χ4n) is 1.72. The fraction of sp³-hybridized carbons (Fsp3) is 0.364. The minimum Gasteiger partial charge on any atom is -0.338 e. The van der Waals surface area contributed by atoms with E-state index in [0.29, 0.717) is 11.5 Å². The van der Waals surface area contributed by atoms with Crippen LogP contribution in [-0.2, 0) is 0 Å². The summed E-state index contributed by atoms with van der Waals surface area (Å²) in [5.41, 5.74) is 0.450. The van der Waals surface area contributed by atoms with Gasteiger partial charge in [0.05, 0.1) is 0 Å². The smallest absolute Gasteiger partial charge is 0.254 e. The van der Waals surface area contributed by atoms with Gasteiger partial charge in [0.25, 0.3) is 5.91 Å². The zero-order valence-corrected chi connectivity index (χ0v) is 10.5. The van der Waals surface area contributed by atoms with E-state index in [4.69, 9.17) is 0 Å². The number of hydrogen-bond acceptors (Lipinski definition) is 1. The molecule has 1 aromatic rings. The van der Waals surface area contributed by atoms with Crippen molar-refractivity contribution in [1.82, 2.24) is 4.90 Å². The number of hydrogen-bond donors (Lipinski definition) is 0. The number of benzene rings is 1. The minimum atomic E-state index is -0.348. The Morgan fingerprint density at radius 1 is 1.47 bits per heavy atom. The Hall–Kier alpha value is -0.650. The van der Waals surface area contributed by atoms with Crippen molar-refractivity contribution in [2.75, 3.05) is 13.1 Å². The molecule has 1 aliphatic rings. The third-order valence-electron chi connectivity index (χ3n) is 2.46. The van der Waals surface area contributed by atoms with Gasteiger partial charge in [-0.2, -0.15) is 0 Å². The van der Waals surface area contributed by atoms with Crippen LogP contribution in [-0.4, -0.2) is 23.9 Å². The highest BCUT2D eigenvalue weighted by molar-refractivity contribution is 14.1. The molecule has 80 valence electrons. The summed E-state index contributed by atoms with van der Waals surface area (Å²) in [6.45, 7) is 3.66. The third-order valence-corrected chi connectivity index (χ3v) is 3.08. The summed E-state index contributed by atoms with van der Waals surface area (Å²) in [6, 6.07) is 4.43. The first-order valence-electron chi connectivity index (χ1n) is 4.81. The number of halogens is 2. The van der Waals surface area contributed by atoms with Crippen LogP contribution in [0.3, 0.4) is 0 Å². The summed E-state index contributed by atoms with van der Waals surface area (Å²) in [5, 5.41) is 0. The van der Waals surface area contributed by atoms with Gasteiger partial charge in [0.2, 0.25) is 0 Å². The van der Waals surface area contributed by atoms with Crippen LogP contribution in [0, 0.1) is 15.3 Å². The van der Waals surface area contributed by atoms with Gasteiger partial charge in [-0.05, 0) is 46.7 Å². The molecular weight excluding hydrogens is 308 g/mol. The van der Waals surface area contributed by atoms with Gasteiger partial charge in [-0.15, -0.1) is 0 Å². The van der Waals surface area contributed by atoms with Gasteiger partial charge < -0.3 is 4.90 Å². The van der Waals surface area contributed by atoms with Crippen molar-refractivity contribution >= 4 is 28.5 Å². The molecule has 2 nitrogen and oxygen atoms in total. The Morgan fingerprint density at radius 3 is 2.67 bits per heavy atom. The number of carbonyl (C=O) groups is 1. The van der Waals surface area contributed by atoms with E-state index in [1.165, 1.54) is 12.1 Å². The van der Waals surface area contributed by atoms with Crippen molar-refractivity contribution in [3.63, 3.8) is 0 Å². The van der Waals surface area contributed by atoms with E-state index in [-0.39, 0.29) is 11.7 Å². The lowest BCUT2D eigenvalue weighted by Crippen LogP contribution is -2.48. The first-order valence-corrected chi connectivity index (χ1v) is 5.89. The molecule has 1 fully saturated rings. The van der Waals surface area contributed by atoms with E-state index in [1.807, 2.05) is 22.6 Å². The van der Waals surface area contributed by atoms with E-state index in [1.54, 1.807) is 11.0 Å². The fourth-order valence-corrected chi connectivity index (χ4v) is 2.36. The second-order valence-corrected chi connectivity index (χ2v) is 5.22. The van der Waals surface area contributed by atoms with E-state index in [0.717, 1.165) is 16.7 Å². The lowest BCUT2D eigenvalue weighted by molar-refractivity contribution is 0.0530. The maximum absolute atomic E-state index is 13.1. The molecule has 4 heteroatoms. The van der Waals surface area contributed by atoms with Gasteiger partial charge in [-0.3, -0.25) is 4.79 Å². The van der Waals surface area contributed by atoms with E-state index < -0.39 is 0 Å². The molecule has 0 unspecified atom stereocenters. The molecule has 1 amide bonds. The lowest BCUT2D eigenvalue weighted by atomic mass is 10.0. The Morgan fingerprint density at radius 2 is 2.13 bits per heavy atom. The van der Waals surface area contributed by atoms with Crippen molar-refractivity contribution < 1.29 is 9.18 Å². The predicted molar refractivity (Wildman–Crippen MR) is 64.2 cm³/mol. The third kappa shape index (κ3) is 2.30. The summed E-state index contributed by atoms with van der Waals surface area (Å²) in [4.78, 5) is 13.6. The summed E-state index contributed by atoms with van der Waals surface area (Å²) in [7, 11) is 0. The lowest BCUT2D eigenvalue weighted by Gasteiger charge is -2.37. The average molecular weight is 319 g/mol. The SMILES string of the molecule is CC1CN(C(=O)c2cc(F)cc(I)c2)C1. The van der Waals surface area contributed by atoms with E-state index in [2.05, 4.69) is 6.92 Å². The van der Waals surface area contributed by atoms with Crippen LogP contribution in [0.2, 0.25) is 0 Å². The van der Waals surface area contributed by atoms with Crippen LogP contribution >= 0.6 is 22.6 Å². The van der Waals surface area contributed by atoms with Gasteiger partial charge in [0, 0.05) is 22.2 Å². The van der Waals surface area contributed by atoms with Crippen LogP contribution in [0.5, 0.6) is 0 Å². The number of likely N-dealkylation sites (tertiary alicyclic amines) is 1. The largest absolute Gasteiger partial charge is 0.338 e. The Labute approximate surface area is 102 Å². The molecule has 0 saturated carbocycles. The molecule has 0 spiro atoms. The van der Waals surface area contributed by atoms with Crippen LogP contribution in [0.25, 0.3) is 0 Å². The number of nitrogens with zero attached hydrogens (tertiary/aromatic N) is 1. The van der Waals surface area contributed by atoms with Crippen molar-refractivity contribution in [1.29, 1.82) is 0 Å². The molecule has 15 heavy (non-hydrogen) atoms. The number of rotatable bonds is 1. The number of carbonyl (C=O) groups excluding carboxylic acids is 1. The van der Waals surface area contributed by atoms with Crippen molar-refractivity contribution in [3.05, 3.63) is 33.1 Å². The van der Waals surface area contributed by atoms with Gasteiger partial charge in [-0.1, -0.05) is 6.92 Å². The first-order chi connectivity index (χ1) is 7.06.